The number of nitrogens with one attached hydrogen (secondary N) is 1. The van der Waals surface area contributed by atoms with Crippen molar-refractivity contribution in [1.29, 1.82) is 0 Å². The van der Waals surface area contributed by atoms with Crippen molar-refractivity contribution in [3.8, 4) is 0 Å². The molecule has 0 radical (unpaired) electrons. The SMILES string of the molecule is CC/C(C)=N\NC(=O)c1ccc(N(Cc2ccc(Cl)cc2)S(C)(=O)=O)cc1. The molecule has 6 nitrogen and oxygen atoms in total. The average molecular weight is 408 g/mol. The molecule has 0 aliphatic carbocycles. The number of hydrogen-bond donors (Lipinski definition) is 1. The van der Waals surface area contributed by atoms with Crippen LogP contribution in [0.15, 0.2) is 53.6 Å². The van der Waals surface area contributed by atoms with Crippen LogP contribution < -0.4 is 9.73 Å². The van der Waals surface area contributed by atoms with Crippen LogP contribution in [0.4, 0.5) is 5.69 Å². The predicted molar refractivity (Wildman–Crippen MR) is 110 cm³/mol. The first-order chi connectivity index (χ1) is 12.7. The monoisotopic (exact) mass is 407 g/mol. The van der Waals surface area contributed by atoms with E-state index in [1.165, 1.54) is 4.31 Å². The molecule has 0 bridgehead atoms. The highest BCUT2D eigenvalue weighted by Gasteiger charge is 2.18. The molecule has 0 aliphatic rings. The van der Waals surface area contributed by atoms with Crippen LogP contribution in [-0.2, 0) is 16.6 Å². The standard InChI is InChI=1S/C19H22ClN3O3S/c1-4-14(2)21-22-19(24)16-7-11-18(12-8-16)23(27(3,25)26)13-15-5-9-17(20)10-6-15/h5-12H,4,13H2,1-3H3,(H,22,24)/b21-14-. The molecule has 0 heterocycles. The lowest BCUT2D eigenvalue weighted by molar-refractivity contribution is 0.0954. The van der Waals surface area contributed by atoms with Gasteiger partial charge in [-0.05, 0) is 55.3 Å². The maximum atomic E-state index is 12.2. The Morgan fingerprint density at radius 1 is 1.11 bits per heavy atom. The highest BCUT2D eigenvalue weighted by atomic mass is 35.5. The minimum Gasteiger partial charge on any atom is -0.267 e. The zero-order chi connectivity index (χ0) is 20.0. The number of nitrogens with zero attached hydrogens (tertiary/aromatic N) is 2. The molecule has 0 spiro atoms. The molecule has 144 valence electrons. The summed E-state index contributed by atoms with van der Waals surface area (Å²) in [6, 6.07) is 13.3. The normalized spacial score (nSPS) is 11.9. The minimum atomic E-state index is -3.51. The molecule has 2 aromatic carbocycles. The van der Waals surface area contributed by atoms with Crippen molar-refractivity contribution >= 4 is 38.9 Å². The summed E-state index contributed by atoms with van der Waals surface area (Å²) in [5, 5.41) is 4.56. The summed E-state index contributed by atoms with van der Waals surface area (Å²) in [6.45, 7) is 3.94. The summed E-state index contributed by atoms with van der Waals surface area (Å²) in [5.74, 6) is -0.349. The number of anilines is 1. The Balaban J connectivity index is 2.22. The lowest BCUT2D eigenvalue weighted by atomic mass is 10.2. The van der Waals surface area contributed by atoms with E-state index in [9.17, 15) is 13.2 Å². The van der Waals surface area contributed by atoms with E-state index in [1.54, 1.807) is 48.5 Å². The van der Waals surface area contributed by atoms with E-state index in [2.05, 4.69) is 10.5 Å². The van der Waals surface area contributed by atoms with Crippen molar-refractivity contribution in [2.45, 2.75) is 26.8 Å². The second kappa shape index (κ2) is 9.01. The number of rotatable bonds is 7. The van der Waals surface area contributed by atoms with Crippen LogP contribution in [-0.4, -0.2) is 26.3 Å². The second-order valence-electron chi connectivity index (χ2n) is 6.08. The van der Waals surface area contributed by atoms with Gasteiger partial charge in [0.25, 0.3) is 5.91 Å². The Bertz CT molecular complexity index is 924. The zero-order valence-corrected chi connectivity index (χ0v) is 17.0. The molecule has 0 fully saturated rings. The third kappa shape index (κ3) is 6.08. The van der Waals surface area contributed by atoms with E-state index in [1.807, 2.05) is 13.8 Å². The molecule has 0 aromatic heterocycles. The van der Waals surface area contributed by atoms with Gasteiger partial charge in [-0.3, -0.25) is 9.10 Å². The van der Waals surface area contributed by atoms with Crippen molar-refractivity contribution in [2.24, 2.45) is 5.10 Å². The summed E-state index contributed by atoms with van der Waals surface area (Å²) >= 11 is 5.88. The van der Waals surface area contributed by atoms with Gasteiger partial charge in [-0.1, -0.05) is 30.7 Å². The Morgan fingerprint density at radius 2 is 1.70 bits per heavy atom. The van der Waals surface area contributed by atoms with E-state index in [0.717, 1.165) is 24.0 Å². The van der Waals surface area contributed by atoms with Crippen LogP contribution in [0, 0.1) is 0 Å². The van der Waals surface area contributed by atoms with Gasteiger partial charge in [-0.25, -0.2) is 13.8 Å². The molecule has 2 aromatic rings. The van der Waals surface area contributed by atoms with Crippen LogP contribution in [0.2, 0.25) is 5.02 Å². The molecule has 8 heteroatoms. The largest absolute Gasteiger partial charge is 0.271 e. The van der Waals surface area contributed by atoms with Gasteiger partial charge in [-0.2, -0.15) is 5.10 Å². The molecule has 1 N–H and O–H groups in total. The Morgan fingerprint density at radius 3 is 2.22 bits per heavy atom. The van der Waals surface area contributed by atoms with Crippen molar-refractivity contribution in [3.05, 3.63) is 64.7 Å². The number of benzene rings is 2. The Kier molecular flexibility index (Phi) is 6.98. The van der Waals surface area contributed by atoms with Crippen molar-refractivity contribution in [1.82, 2.24) is 5.43 Å². The van der Waals surface area contributed by atoms with Crippen molar-refractivity contribution in [3.63, 3.8) is 0 Å². The summed E-state index contributed by atoms with van der Waals surface area (Å²) in [6.07, 6.45) is 1.89. The van der Waals surface area contributed by atoms with Crippen LogP contribution in [0.3, 0.4) is 0 Å². The highest BCUT2D eigenvalue weighted by Crippen LogP contribution is 2.22. The third-order valence-corrected chi connectivity index (χ3v) is 5.31. The minimum absolute atomic E-state index is 0.168. The number of halogens is 1. The third-order valence-electron chi connectivity index (χ3n) is 3.92. The van der Waals surface area contributed by atoms with Gasteiger partial charge < -0.3 is 0 Å². The number of hydrogen-bond acceptors (Lipinski definition) is 4. The quantitative estimate of drug-likeness (QED) is 0.559. The molecule has 2 rings (SSSR count). The summed E-state index contributed by atoms with van der Waals surface area (Å²) in [5.41, 5.74) is 4.96. The van der Waals surface area contributed by atoms with Crippen LogP contribution in [0.25, 0.3) is 0 Å². The van der Waals surface area contributed by atoms with Gasteiger partial charge in [0.2, 0.25) is 10.0 Å². The predicted octanol–water partition coefficient (Wildman–Crippen LogP) is 3.82. The van der Waals surface area contributed by atoms with E-state index in [0.29, 0.717) is 16.3 Å². The first-order valence-electron chi connectivity index (χ1n) is 8.36. The number of carbonyl (C=O) groups excluding carboxylic acids is 1. The van der Waals surface area contributed by atoms with Gasteiger partial charge in [-0.15, -0.1) is 0 Å². The molecular formula is C19H22ClN3O3S. The number of amides is 1. The van der Waals surface area contributed by atoms with Gasteiger partial charge in [0.05, 0.1) is 18.5 Å². The number of carbonyl (C=O) groups is 1. The van der Waals surface area contributed by atoms with Gasteiger partial charge in [0, 0.05) is 16.3 Å². The number of sulfonamides is 1. The lowest BCUT2D eigenvalue weighted by Crippen LogP contribution is -2.29. The van der Waals surface area contributed by atoms with Gasteiger partial charge >= 0.3 is 0 Å². The molecule has 1 amide bonds. The first kappa shape index (κ1) is 20.9. The first-order valence-corrected chi connectivity index (χ1v) is 10.6. The van der Waals surface area contributed by atoms with Crippen LogP contribution in [0.5, 0.6) is 0 Å². The van der Waals surface area contributed by atoms with E-state index in [-0.39, 0.29) is 12.5 Å². The summed E-state index contributed by atoms with van der Waals surface area (Å²) in [4.78, 5) is 12.1. The van der Waals surface area contributed by atoms with Crippen molar-refractivity contribution in [2.75, 3.05) is 10.6 Å². The van der Waals surface area contributed by atoms with Crippen LogP contribution >= 0.6 is 11.6 Å². The number of hydrazone groups is 1. The highest BCUT2D eigenvalue weighted by molar-refractivity contribution is 7.92. The second-order valence-corrected chi connectivity index (χ2v) is 8.43. The maximum Gasteiger partial charge on any atom is 0.271 e. The average Bonchev–Trinajstić information content (AvgIpc) is 2.64. The smallest absolute Gasteiger partial charge is 0.267 e. The molecule has 0 saturated carbocycles. The van der Waals surface area contributed by atoms with Gasteiger partial charge in [0.15, 0.2) is 0 Å². The fraction of sp³-hybridized carbons (Fsp3) is 0.263. The zero-order valence-electron chi connectivity index (χ0n) is 15.4. The fourth-order valence-electron chi connectivity index (χ4n) is 2.22. The Hall–Kier alpha value is -2.38. The lowest BCUT2D eigenvalue weighted by Gasteiger charge is -2.22. The van der Waals surface area contributed by atoms with Gasteiger partial charge in [0.1, 0.15) is 0 Å². The Labute approximate surface area is 164 Å². The van der Waals surface area contributed by atoms with E-state index in [4.69, 9.17) is 11.6 Å². The van der Waals surface area contributed by atoms with Crippen molar-refractivity contribution < 1.29 is 13.2 Å². The molecule has 27 heavy (non-hydrogen) atoms. The van der Waals surface area contributed by atoms with Crippen LogP contribution in [0.1, 0.15) is 36.2 Å². The molecule has 0 atom stereocenters. The molecular weight excluding hydrogens is 386 g/mol. The fourth-order valence-corrected chi connectivity index (χ4v) is 3.24. The summed E-state index contributed by atoms with van der Waals surface area (Å²) < 4.78 is 25.7. The van der Waals surface area contributed by atoms with E-state index < -0.39 is 10.0 Å². The van der Waals surface area contributed by atoms with E-state index >= 15 is 0 Å². The summed E-state index contributed by atoms with van der Waals surface area (Å²) in [7, 11) is -3.51. The molecule has 0 aliphatic heterocycles. The topological polar surface area (TPSA) is 78.8 Å². The molecule has 0 saturated heterocycles. The molecule has 0 unspecified atom stereocenters. The maximum absolute atomic E-state index is 12.2.